The highest BCUT2D eigenvalue weighted by Gasteiger charge is 2.31. The molecule has 0 aliphatic carbocycles. The smallest absolute Gasteiger partial charge is 0.416 e. The summed E-state index contributed by atoms with van der Waals surface area (Å²) in [7, 11) is 1.45. The van der Waals surface area contributed by atoms with Crippen molar-refractivity contribution in [1.29, 1.82) is 0 Å². The number of aromatic hydroxyl groups is 1. The molecule has 0 saturated carbocycles. The Hall–Kier alpha value is -2.85. The largest absolute Gasteiger partial charge is 0.507 e. The summed E-state index contributed by atoms with van der Waals surface area (Å²) in [4.78, 5) is 26.8. The summed E-state index contributed by atoms with van der Waals surface area (Å²) in [5.41, 5.74) is -0.988. The van der Waals surface area contributed by atoms with Gasteiger partial charge in [-0.05, 0) is 36.4 Å². The first kappa shape index (κ1) is 22.8. The molecular weight excluding hydrogens is 455 g/mol. The maximum atomic E-state index is 13.3. The zero-order chi connectivity index (χ0) is 22.8. The highest BCUT2D eigenvalue weighted by Crippen LogP contribution is 2.41. The number of amides is 2. The summed E-state index contributed by atoms with van der Waals surface area (Å²) in [5.74, 6) is 0.0222. The molecule has 0 spiro atoms. The molecule has 6 nitrogen and oxygen atoms in total. The third kappa shape index (κ3) is 5.08. The monoisotopic (exact) mass is 471 g/mol. The van der Waals surface area contributed by atoms with E-state index in [0.29, 0.717) is 0 Å². The number of halogens is 4. The van der Waals surface area contributed by atoms with Crippen molar-refractivity contribution in [3.05, 3.63) is 57.3 Å². The molecule has 0 aliphatic heterocycles. The van der Waals surface area contributed by atoms with E-state index >= 15 is 0 Å². The fourth-order valence-electron chi connectivity index (χ4n) is 2.97. The van der Waals surface area contributed by atoms with Crippen LogP contribution in [0.1, 0.15) is 5.56 Å². The molecule has 2 aromatic carbocycles. The standard InChI is InChI=1S/C20H17ClF3N3O3S/c1-25-19(30)26-6-7-31-17-16(13-9-11(21)3-5-15(13)28)12-8-10(20(22,23)24)2-4-14(12)27-18(17)29/h2-5,8-9,28H,6-7H2,1H3,(H,27,29)(H2,25,26,30). The van der Waals surface area contributed by atoms with Gasteiger partial charge in [-0.2, -0.15) is 13.2 Å². The maximum absolute atomic E-state index is 13.3. The number of aromatic nitrogens is 1. The zero-order valence-electron chi connectivity index (χ0n) is 16.1. The van der Waals surface area contributed by atoms with Gasteiger partial charge in [-0.25, -0.2) is 4.79 Å². The number of benzene rings is 2. The molecule has 1 aromatic heterocycles. The second-order valence-corrected chi connectivity index (χ2v) is 7.97. The second kappa shape index (κ2) is 9.11. The summed E-state index contributed by atoms with van der Waals surface area (Å²) in [6, 6.07) is 6.69. The lowest BCUT2D eigenvalue weighted by molar-refractivity contribution is -0.137. The molecule has 164 valence electrons. The number of urea groups is 1. The van der Waals surface area contributed by atoms with Gasteiger partial charge < -0.3 is 20.7 Å². The van der Waals surface area contributed by atoms with Gasteiger partial charge in [-0.1, -0.05) is 11.6 Å². The number of phenolic OH excluding ortho intramolecular Hbond substituents is 1. The van der Waals surface area contributed by atoms with E-state index in [1.54, 1.807) is 0 Å². The van der Waals surface area contributed by atoms with E-state index in [2.05, 4.69) is 15.6 Å². The van der Waals surface area contributed by atoms with Crippen LogP contribution < -0.4 is 16.2 Å². The van der Waals surface area contributed by atoms with E-state index < -0.39 is 23.3 Å². The zero-order valence-corrected chi connectivity index (χ0v) is 17.6. The molecule has 3 rings (SSSR count). The van der Waals surface area contributed by atoms with Crippen LogP contribution in [-0.2, 0) is 6.18 Å². The van der Waals surface area contributed by atoms with E-state index in [4.69, 9.17) is 11.6 Å². The van der Waals surface area contributed by atoms with Crippen molar-refractivity contribution in [1.82, 2.24) is 15.6 Å². The van der Waals surface area contributed by atoms with Crippen molar-refractivity contribution in [2.45, 2.75) is 11.1 Å². The van der Waals surface area contributed by atoms with E-state index in [1.165, 1.54) is 31.3 Å². The van der Waals surface area contributed by atoms with Gasteiger partial charge in [-0.15, -0.1) is 11.8 Å². The average Bonchev–Trinajstić information content (AvgIpc) is 2.71. The Balaban J connectivity index is 2.21. The van der Waals surface area contributed by atoms with E-state index in [-0.39, 0.29) is 50.0 Å². The minimum absolute atomic E-state index is 0.100. The van der Waals surface area contributed by atoms with Gasteiger partial charge in [0.2, 0.25) is 0 Å². The fourth-order valence-corrected chi connectivity index (χ4v) is 4.10. The number of hydrogen-bond donors (Lipinski definition) is 4. The van der Waals surface area contributed by atoms with Crippen molar-refractivity contribution in [2.75, 3.05) is 19.3 Å². The van der Waals surface area contributed by atoms with Crippen LogP contribution in [-0.4, -0.2) is 35.5 Å². The Morgan fingerprint density at radius 3 is 2.65 bits per heavy atom. The summed E-state index contributed by atoms with van der Waals surface area (Å²) in [5, 5.41) is 15.7. The van der Waals surface area contributed by atoms with Crippen LogP contribution in [0.4, 0.5) is 18.0 Å². The van der Waals surface area contributed by atoms with Crippen LogP contribution in [0.15, 0.2) is 46.1 Å². The number of nitrogens with one attached hydrogen (secondary N) is 3. The molecule has 0 aliphatic rings. The Bertz CT molecular complexity index is 1200. The molecule has 2 amide bonds. The lowest BCUT2D eigenvalue weighted by Crippen LogP contribution is -2.34. The summed E-state index contributed by atoms with van der Waals surface area (Å²) >= 11 is 7.10. The summed E-state index contributed by atoms with van der Waals surface area (Å²) in [6.45, 7) is 0.200. The Labute approximate surface area is 183 Å². The third-order valence-electron chi connectivity index (χ3n) is 4.39. The van der Waals surface area contributed by atoms with Crippen molar-refractivity contribution in [2.24, 2.45) is 0 Å². The van der Waals surface area contributed by atoms with E-state index in [9.17, 15) is 27.9 Å². The molecule has 31 heavy (non-hydrogen) atoms. The summed E-state index contributed by atoms with van der Waals surface area (Å²) in [6.07, 6.45) is -4.59. The van der Waals surface area contributed by atoms with E-state index in [1.807, 2.05) is 0 Å². The quantitative estimate of drug-likeness (QED) is 0.323. The number of thioether (sulfide) groups is 1. The molecule has 0 unspecified atom stereocenters. The first-order valence-electron chi connectivity index (χ1n) is 8.96. The summed E-state index contributed by atoms with van der Waals surface area (Å²) < 4.78 is 40.0. The van der Waals surface area contributed by atoms with Crippen LogP contribution in [0.5, 0.6) is 5.75 Å². The molecule has 0 atom stereocenters. The highest BCUT2D eigenvalue weighted by molar-refractivity contribution is 7.99. The number of hydrogen-bond acceptors (Lipinski definition) is 4. The van der Waals surface area contributed by atoms with Crippen molar-refractivity contribution in [3.63, 3.8) is 0 Å². The van der Waals surface area contributed by atoms with Gasteiger partial charge in [0, 0.05) is 46.4 Å². The van der Waals surface area contributed by atoms with E-state index in [0.717, 1.165) is 23.9 Å². The van der Waals surface area contributed by atoms with Crippen LogP contribution in [0.25, 0.3) is 22.0 Å². The van der Waals surface area contributed by atoms with Crippen LogP contribution in [0, 0.1) is 0 Å². The predicted octanol–water partition coefficient (Wildman–Crippen LogP) is 4.59. The van der Waals surface area contributed by atoms with Crippen LogP contribution in [0.3, 0.4) is 0 Å². The lowest BCUT2D eigenvalue weighted by Gasteiger charge is -2.16. The van der Waals surface area contributed by atoms with Gasteiger partial charge in [0.1, 0.15) is 5.75 Å². The molecule has 0 saturated heterocycles. The number of aromatic amines is 1. The first-order valence-corrected chi connectivity index (χ1v) is 10.3. The lowest BCUT2D eigenvalue weighted by atomic mass is 9.98. The Kier molecular flexibility index (Phi) is 6.71. The highest BCUT2D eigenvalue weighted by atomic mass is 35.5. The van der Waals surface area contributed by atoms with Crippen molar-refractivity contribution < 1.29 is 23.1 Å². The minimum Gasteiger partial charge on any atom is -0.507 e. The molecule has 4 N–H and O–H groups in total. The number of fused-ring (bicyclic) bond motifs is 1. The Morgan fingerprint density at radius 1 is 1.23 bits per heavy atom. The topological polar surface area (TPSA) is 94.2 Å². The van der Waals surface area contributed by atoms with Crippen molar-refractivity contribution in [3.8, 4) is 16.9 Å². The minimum atomic E-state index is -4.59. The maximum Gasteiger partial charge on any atom is 0.416 e. The first-order chi connectivity index (χ1) is 14.6. The molecule has 1 heterocycles. The van der Waals surface area contributed by atoms with Gasteiger partial charge in [0.05, 0.1) is 10.5 Å². The number of alkyl halides is 3. The predicted molar refractivity (Wildman–Crippen MR) is 115 cm³/mol. The Morgan fingerprint density at radius 2 is 1.97 bits per heavy atom. The van der Waals surface area contributed by atoms with Gasteiger partial charge >= 0.3 is 12.2 Å². The van der Waals surface area contributed by atoms with Gasteiger partial charge in [0.15, 0.2) is 0 Å². The SMILES string of the molecule is CNC(=O)NCCSc1c(-c2cc(Cl)ccc2O)c2cc(C(F)(F)F)ccc2[nH]c1=O. The number of carbonyl (C=O) groups is 1. The number of carbonyl (C=O) groups excluding carboxylic acids is 1. The average molecular weight is 472 g/mol. The third-order valence-corrected chi connectivity index (χ3v) is 5.71. The number of H-pyrrole nitrogens is 1. The van der Waals surface area contributed by atoms with Gasteiger partial charge in [0.25, 0.3) is 5.56 Å². The fraction of sp³-hybridized carbons (Fsp3) is 0.200. The molecular formula is C20H17ClF3N3O3S. The molecule has 0 fully saturated rings. The number of pyridine rings is 1. The number of phenols is 1. The van der Waals surface area contributed by atoms with Crippen LogP contribution in [0.2, 0.25) is 5.02 Å². The molecule has 0 radical (unpaired) electrons. The number of rotatable bonds is 5. The van der Waals surface area contributed by atoms with Crippen LogP contribution >= 0.6 is 23.4 Å². The molecule has 11 heteroatoms. The van der Waals surface area contributed by atoms with Gasteiger partial charge in [-0.3, -0.25) is 4.79 Å². The van der Waals surface area contributed by atoms with Crippen molar-refractivity contribution >= 4 is 40.3 Å². The normalized spacial score (nSPS) is 11.5. The molecule has 0 bridgehead atoms. The second-order valence-electron chi connectivity index (χ2n) is 6.43. The molecule has 3 aromatic rings.